The Bertz CT molecular complexity index is 1170. The molecule has 1 saturated carbocycles. The predicted molar refractivity (Wildman–Crippen MR) is 132 cm³/mol. The number of aromatic nitrogens is 3. The van der Waals surface area contributed by atoms with Crippen LogP contribution in [-0.4, -0.2) is 51.6 Å². The number of carbonyl (C=O) groups excluding carboxylic acids is 1. The second kappa shape index (κ2) is 10.7. The summed E-state index contributed by atoms with van der Waals surface area (Å²) in [5, 5.41) is 5.62. The average Bonchev–Trinajstić information content (AvgIpc) is 3.45. The van der Waals surface area contributed by atoms with Crippen molar-refractivity contribution in [3.8, 4) is 5.19 Å². The van der Waals surface area contributed by atoms with Crippen molar-refractivity contribution in [2.24, 2.45) is 18.9 Å². The smallest absolute Gasteiger partial charge is 0.273 e. The van der Waals surface area contributed by atoms with Crippen LogP contribution in [0.1, 0.15) is 59.5 Å². The first kappa shape index (κ1) is 24.3. The fourth-order valence-electron chi connectivity index (χ4n) is 5.50. The minimum absolute atomic E-state index is 0.233. The van der Waals surface area contributed by atoms with Gasteiger partial charge in [-0.15, -0.1) is 0 Å². The Morgan fingerprint density at radius 2 is 2.03 bits per heavy atom. The highest BCUT2D eigenvalue weighted by molar-refractivity contribution is 7.13. The molecule has 2 aromatic heterocycles. The summed E-state index contributed by atoms with van der Waals surface area (Å²) in [6, 6.07) is 5.88. The van der Waals surface area contributed by atoms with Crippen molar-refractivity contribution in [1.29, 1.82) is 0 Å². The molecular formula is C26H32F2N4O2S. The molecular weight excluding hydrogens is 470 g/mol. The van der Waals surface area contributed by atoms with Gasteiger partial charge in [0.15, 0.2) is 12.4 Å². The topological polar surface area (TPSA) is 60.2 Å². The van der Waals surface area contributed by atoms with E-state index in [1.165, 1.54) is 24.2 Å². The van der Waals surface area contributed by atoms with E-state index in [0.717, 1.165) is 72.4 Å². The number of ether oxygens (including phenoxy) is 1. The lowest BCUT2D eigenvalue weighted by Gasteiger charge is -2.31. The van der Waals surface area contributed by atoms with E-state index in [-0.39, 0.29) is 5.78 Å². The van der Waals surface area contributed by atoms with Gasteiger partial charge in [-0.2, -0.15) is 5.10 Å². The number of nitrogens with zero attached hydrogens (tertiary/aromatic N) is 4. The van der Waals surface area contributed by atoms with Gasteiger partial charge < -0.3 is 4.74 Å². The molecule has 6 nitrogen and oxygen atoms in total. The zero-order valence-corrected chi connectivity index (χ0v) is 20.9. The van der Waals surface area contributed by atoms with Crippen LogP contribution in [0.4, 0.5) is 8.78 Å². The normalized spacial score (nSPS) is 20.9. The van der Waals surface area contributed by atoms with Crippen molar-refractivity contribution in [3.63, 3.8) is 0 Å². The minimum atomic E-state index is -2.48. The lowest BCUT2D eigenvalue weighted by molar-refractivity contribution is 0.0815. The molecule has 35 heavy (non-hydrogen) atoms. The maximum atomic E-state index is 13.0. The molecule has 0 spiro atoms. The summed E-state index contributed by atoms with van der Waals surface area (Å²) in [5.41, 5.74) is 2.78. The van der Waals surface area contributed by atoms with Crippen molar-refractivity contribution in [2.75, 3.05) is 19.7 Å². The number of aryl methyl sites for hydroxylation is 1. The van der Waals surface area contributed by atoms with Gasteiger partial charge in [0.1, 0.15) is 0 Å². The molecule has 2 aliphatic rings. The lowest BCUT2D eigenvalue weighted by Crippen LogP contribution is -2.32. The van der Waals surface area contributed by atoms with Crippen LogP contribution in [-0.2, 0) is 20.0 Å². The Hall–Kier alpha value is -2.39. The number of ketones is 1. The van der Waals surface area contributed by atoms with Crippen LogP contribution >= 0.6 is 11.3 Å². The van der Waals surface area contributed by atoms with Crippen LogP contribution in [0.5, 0.6) is 5.19 Å². The molecule has 0 bridgehead atoms. The summed E-state index contributed by atoms with van der Waals surface area (Å²) in [7, 11) is 1.90. The summed E-state index contributed by atoms with van der Waals surface area (Å²) in [6.45, 7) is 2.19. The zero-order valence-electron chi connectivity index (χ0n) is 20.1. The number of Topliss-reactive ketones (excluding diaryl/α,β-unsaturated/α-hetero) is 1. The number of fused-ring (bicyclic) bond motifs is 2. The molecule has 3 aromatic rings. The first-order valence-electron chi connectivity index (χ1n) is 12.5. The summed E-state index contributed by atoms with van der Waals surface area (Å²) < 4.78 is 31.7. The molecule has 188 valence electrons. The Balaban J connectivity index is 1.06. The number of carbonyl (C=O) groups is 1. The quantitative estimate of drug-likeness (QED) is 0.362. The summed E-state index contributed by atoms with van der Waals surface area (Å²) in [6.07, 6.45) is 6.58. The van der Waals surface area contributed by atoms with Crippen molar-refractivity contribution in [2.45, 2.75) is 57.9 Å². The van der Waals surface area contributed by atoms with Gasteiger partial charge in [0.25, 0.3) is 11.6 Å². The first-order valence-corrected chi connectivity index (χ1v) is 13.3. The van der Waals surface area contributed by atoms with E-state index in [9.17, 15) is 13.6 Å². The van der Waals surface area contributed by atoms with Crippen LogP contribution in [0.2, 0.25) is 0 Å². The van der Waals surface area contributed by atoms with Gasteiger partial charge in [0.2, 0.25) is 0 Å². The number of halogens is 2. The number of hydrogen-bond donors (Lipinski definition) is 0. The third kappa shape index (κ3) is 5.72. The Morgan fingerprint density at radius 3 is 2.83 bits per heavy atom. The predicted octanol–water partition coefficient (Wildman–Crippen LogP) is 5.50. The van der Waals surface area contributed by atoms with Crippen LogP contribution in [0.3, 0.4) is 0 Å². The number of alkyl halides is 2. The van der Waals surface area contributed by atoms with Crippen LogP contribution in [0, 0.1) is 11.8 Å². The van der Waals surface area contributed by atoms with E-state index in [4.69, 9.17) is 4.74 Å². The van der Waals surface area contributed by atoms with Crippen molar-refractivity contribution in [1.82, 2.24) is 19.7 Å². The zero-order chi connectivity index (χ0) is 24.4. The van der Waals surface area contributed by atoms with Crippen LogP contribution < -0.4 is 4.74 Å². The van der Waals surface area contributed by atoms with Crippen LogP contribution in [0.25, 0.3) is 10.9 Å². The molecule has 1 fully saturated rings. The van der Waals surface area contributed by atoms with Crippen molar-refractivity contribution >= 4 is 28.0 Å². The Kier molecular flexibility index (Phi) is 7.43. The number of hydrogen-bond acceptors (Lipinski definition) is 6. The molecule has 1 aliphatic carbocycles. The second-order valence-electron chi connectivity index (χ2n) is 9.89. The van der Waals surface area contributed by atoms with Gasteiger partial charge in [0, 0.05) is 42.4 Å². The number of benzene rings is 1. The minimum Gasteiger partial charge on any atom is -0.464 e. The molecule has 0 saturated heterocycles. The lowest BCUT2D eigenvalue weighted by atomic mass is 9.78. The molecule has 0 atom stereocenters. The van der Waals surface area contributed by atoms with E-state index in [2.05, 4.69) is 15.0 Å². The van der Waals surface area contributed by atoms with Gasteiger partial charge >= 0.3 is 0 Å². The SMILES string of the molecule is Cn1ncc2c(C(=O)CC3CCC(CCN4CCc5sc(OCC(F)F)nc5C4)CC3)cccc21. The highest BCUT2D eigenvalue weighted by Crippen LogP contribution is 2.35. The van der Waals surface area contributed by atoms with Crippen molar-refractivity contribution in [3.05, 3.63) is 40.5 Å². The highest BCUT2D eigenvalue weighted by atomic mass is 32.1. The number of thiazole rings is 1. The van der Waals surface area contributed by atoms with E-state index in [0.29, 0.717) is 23.5 Å². The molecule has 0 amide bonds. The average molecular weight is 503 g/mol. The summed E-state index contributed by atoms with van der Waals surface area (Å²) >= 11 is 1.40. The van der Waals surface area contributed by atoms with Crippen LogP contribution in [0.15, 0.2) is 24.4 Å². The molecule has 0 N–H and O–H groups in total. The molecule has 9 heteroatoms. The van der Waals surface area contributed by atoms with E-state index < -0.39 is 13.0 Å². The third-order valence-electron chi connectivity index (χ3n) is 7.51. The summed E-state index contributed by atoms with van der Waals surface area (Å²) in [4.78, 5) is 21.1. The molecule has 1 aliphatic heterocycles. The summed E-state index contributed by atoms with van der Waals surface area (Å²) in [5.74, 6) is 1.39. The fraction of sp³-hybridized carbons (Fsp3) is 0.577. The van der Waals surface area contributed by atoms with Gasteiger partial charge in [-0.3, -0.25) is 14.4 Å². The Labute approximate surface area is 208 Å². The second-order valence-corrected chi connectivity index (χ2v) is 10.9. The molecule has 3 heterocycles. The monoisotopic (exact) mass is 502 g/mol. The molecule has 5 rings (SSSR count). The van der Waals surface area contributed by atoms with Gasteiger partial charge in [-0.05, 0) is 50.1 Å². The maximum Gasteiger partial charge on any atom is 0.273 e. The van der Waals surface area contributed by atoms with Crippen molar-refractivity contribution < 1.29 is 18.3 Å². The number of rotatable bonds is 9. The fourth-order valence-corrected chi connectivity index (χ4v) is 6.41. The van der Waals surface area contributed by atoms with Gasteiger partial charge in [0.05, 0.1) is 17.4 Å². The van der Waals surface area contributed by atoms with Gasteiger partial charge in [-0.25, -0.2) is 13.8 Å². The first-order chi connectivity index (χ1) is 17.0. The molecule has 0 radical (unpaired) electrons. The largest absolute Gasteiger partial charge is 0.464 e. The van der Waals surface area contributed by atoms with E-state index >= 15 is 0 Å². The van der Waals surface area contributed by atoms with Gasteiger partial charge in [-0.1, -0.05) is 36.3 Å². The molecule has 0 unspecified atom stereocenters. The molecule has 1 aromatic carbocycles. The van der Waals surface area contributed by atoms with E-state index in [1.807, 2.05) is 29.9 Å². The third-order valence-corrected chi connectivity index (χ3v) is 8.58. The van der Waals surface area contributed by atoms with E-state index in [1.54, 1.807) is 6.20 Å². The standard InChI is InChI=1S/C26H32F2N4O2S/c1-31-22-4-2-3-19(20(22)14-29-31)23(33)13-18-7-5-17(6-8-18)9-11-32-12-10-24-21(15-32)30-26(35-24)34-16-25(27)28/h2-4,14,17-18,25H,5-13,15-16H2,1H3. The highest BCUT2D eigenvalue weighted by Gasteiger charge is 2.26. The Morgan fingerprint density at radius 1 is 1.23 bits per heavy atom. The maximum absolute atomic E-state index is 13.0.